The lowest BCUT2D eigenvalue weighted by atomic mass is 10.1. The Hall–Kier alpha value is -1.56. The van der Waals surface area contributed by atoms with E-state index < -0.39 is 16.2 Å². The van der Waals surface area contributed by atoms with Gasteiger partial charge in [0.2, 0.25) is 16.1 Å². The number of aryl methyl sites for hydroxylation is 1. The zero-order valence-electron chi connectivity index (χ0n) is 11.1. The van der Waals surface area contributed by atoms with Crippen LogP contribution in [0.15, 0.2) is 29.4 Å². The summed E-state index contributed by atoms with van der Waals surface area (Å²) in [5.41, 5.74) is 0.739. The highest BCUT2D eigenvalue weighted by atomic mass is 32.2. The molecule has 0 saturated carbocycles. The minimum atomic E-state index is -3.43. The first-order chi connectivity index (χ1) is 9.63. The fourth-order valence-corrected chi connectivity index (χ4v) is 3.93. The molecule has 108 valence electrons. The summed E-state index contributed by atoms with van der Waals surface area (Å²) in [6.07, 6.45) is 5.14. The molecule has 7 heteroatoms. The van der Waals surface area contributed by atoms with E-state index in [-0.39, 0.29) is 5.75 Å². The van der Waals surface area contributed by atoms with Crippen molar-refractivity contribution >= 4 is 16.1 Å². The number of piperidine rings is 1. The van der Waals surface area contributed by atoms with Crippen molar-refractivity contribution < 1.29 is 13.2 Å². The average molecular weight is 295 g/mol. The second-order valence-corrected chi connectivity index (χ2v) is 6.74. The molecule has 2 heterocycles. The maximum absolute atomic E-state index is 12.4. The predicted octanol–water partition coefficient (Wildman–Crippen LogP) is 1.10. The third-order valence-corrected chi connectivity index (χ3v) is 5.19. The van der Waals surface area contributed by atoms with Gasteiger partial charge in [-0.2, -0.15) is 9.30 Å². The van der Waals surface area contributed by atoms with E-state index in [1.807, 2.05) is 6.07 Å². The van der Waals surface area contributed by atoms with Crippen molar-refractivity contribution in [3.05, 3.63) is 30.1 Å². The molecular weight excluding hydrogens is 278 g/mol. The SMILES string of the molecule is O=C=NC1CCCCN1S(=O)(=O)CCc1ccccn1. The van der Waals surface area contributed by atoms with Crippen LogP contribution in [0, 0.1) is 0 Å². The van der Waals surface area contributed by atoms with Gasteiger partial charge < -0.3 is 0 Å². The van der Waals surface area contributed by atoms with Crippen molar-refractivity contribution in [2.45, 2.75) is 31.8 Å². The molecule has 2 rings (SSSR count). The monoisotopic (exact) mass is 295 g/mol. The van der Waals surface area contributed by atoms with E-state index in [0.717, 1.165) is 18.5 Å². The van der Waals surface area contributed by atoms with Crippen LogP contribution in [0.25, 0.3) is 0 Å². The smallest absolute Gasteiger partial charge is 0.236 e. The summed E-state index contributed by atoms with van der Waals surface area (Å²) in [6, 6.07) is 5.42. The molecule has 20 heavy (non-hydrogen) atoms. The number of aromatic nitrogens is 1. The van der Waals surface area contributed by atoms with Crippen molar-refractivity contribution in [3.8, 4) is 0 Å². The highest BCUT2D eigenvalue weighted by molar-refractivity contribution is 7.89. The molecule has 1 saturated heterocycles. The van der Waals surface area contributed by atoms with Crippen LogP contribution in [0.1, 0.15) is 25.0 Å². The lowest BCUT2D eigenvalue weighted by Gasteiger charge is -2.31. The van der Waals surface area contributed by atoms with Gasteiger partial charge in [0.25, 0.3) is 0 Å². The van der Waals surface area contributed by atoms with Crippen LogP contribution < -0.4 is 0 Å². The average Bonchev–Trinajstić information content (AvgIpc) is 2.47. The predicted molar refractivity (Wildman–Crippen MR) is 74.2 cm³/mol. The first kappa shape index (κ1) is 14.8. The van der Waals surface area contributed by atoms with Crippen LogP contribution >= 0.6 is 0 Å². The number of carbonyl (C=O) groups excluding carboxylic acids is 1. The van der Waals surface area contributed by atoms with Gasteiger partial charge in [-0.25, -0.2) is 13.2 Å². The maximum Gasteiger partial charge on any atom is 0.236 e. The van der Waals surface area contributed by atoms with Crippen LogP contribution in [-0.2, 0) is 21.2 Å². The number of isocyanates is 1. The third-order valence-electron chi connectivity index (χ3n) is 3.32. The Kier molecular flexibility index (Phi) is 5.00. The van der Waals surface area contributed by atoms with Gasteiger partial charge in [-0.05, 0) is 31.4 Å². The zero-order chi connectivity index (χ0) is 14.4. The van der Waals surface area contributed by atoms with E-state index in [1.54, 1.807) is 18.3 Å². The van der Waals surface area contributed by atoms with Gasteiger partial charge in [0, 0.05) is 24.9 Å². The summed E-state index contributed by atoms with van der Waals surface area (Å²) in [5.74, 6) is -0.0190. The molecule has 0 N–H and O–H groups in total. The van der Waals surface area contributed by atoms with Crippen molar-refractivity contribution in [1.29, 1.82) is 0 Å². The number of pyridine rings is 1. The largest absolute Gasteiger partial charge is 0.261 e. The molecule has 0 spiro atoms. The fourth-order valence-electron chi connectivity index (χ4n) is 2.30. The number of nitrogens with zero attached hydrogens (tertiary/aromatic N) is 3. The van der Waals surface area contributed by atoms with Crippen molar-refractivity contribution in [2.75, 3.05) is 12.3 Å². The van der Waals surface area contributed by atoms with E-state index in [1.165, 1.54) is 10.4 Å². The number of aliphatic imine (C=N–C) groups is 1. The molecule has 1 atom stereocenters. The van der Waals surface area contributed by atoms with E-state index in [9.17, 15) is 13.2 Å². The number of hydrogen-bond acceptors (Lipinski definition) is 5. The number of sulfonamides is 1. The molecule has 1 aliphatic heterocycles. The molecule has 1 unspecified atom stereocenters. The standard InChI is InChI=1S/C13H17N3O3S/c17-11-15-13-6-2-4-9-16(13)20(18,19)10-7-12-5-1-3-8-14-12/h1,3,5,8,13H,2,4,6-7,9-10H2. The number of rotatable bonds is 5. The second-order valence-electron chi connectivity index (χ2n) is 4.69. The third kappa shape index (κ3) is 3.72. The maximum atomic E-state index is 12.4. The Morgan fingerprint density at radius 1 is 1.40 bits per heavy atom. The molecule has 0 amide bonds. The van der Waals surface area contributed by atoms with Gasteiger partial charge in [-0.3, -0.25) is 4.98 Å². The molecule has 0 aliphatic carbocycles. The number of hydrogen-bond donors (Lipinski definition) is 0. The lowest BCUT2D eigenvalue weighted by Crippen LogP contribution is -2.44. The van der Waals surface area contributed by atoms with Gasteiger partial charge in [-0.1, -0.05) is 6.07 Å². The Labute approximate surface area is 118 Å². The van der Waals surface area contributed by atoms with Crippen LogP contribution in [-0.4, -0.2) is 42.3 Å². The van der Waals surface area contributed by atoms with Gasteiger partial charge in [0.05, 0.1) is 5.75 Å². The minimum Gasteiger partial charge on any atom is -0.261 e. The Balaban J connectivity index is 2.06. The minimum absolute atomic E-state index is 0.0190. The normalized spacial score (nSPS) is 20.3. The van der Waals surface area contributed by atoms with Crippen LogP contribution in [0.3, 0.4) is 0 Å². The first-order valence-electron chi connectivity index (χ1n) is 6.60. The fraction of sp³-hybridized carbons (Fsp3) is 0.538. The molecule has 6 nitrogen and oxygen atoms in total. The zero-order valence-corrected chi connectivity index (χ0v) is 11.9. The van der Waals surface area contributed by atoms with E-state index in [0.29, 0.717) is 19.4 Å². The summed E-state index contributed by atoms with van der Waals surface area (Å²) in [4.78, 5) is 18.1. The molecule has 1 aromatic rings. The van der Waals surface area contributed by atoms with E-state index >= 15 is 0 Å². The quantitative estimate of drug-likeness (QED) is 0.602. The van der Waals surface area contributed by atoms with Crippen LogP contribution in [0.4, 0.5) is 0 Å². The van der Waals surface area contributed by atoms with Gasteiger partial charge in [0.15, 0.2) is 0 Å². The molecule has 0 radical (unpaired) electrons. The van der Waals surface area contributed by atoms with Crippen LogP contribution in [0.2, 0.25) is 0 Å². The summed E-state index contributed by atoms with van der Waals surface area (Å²) in [6.45, 7) is 0.417. The topological polar surface area (TPSA) is 79.7 Å². The van der Waals surface area contributed by atoms with Gasteiger partial charge >= 0.3 is 0 Å². The molecule has 0 aromatic carbocycles. The highest BCUT2D eigenvalue weighted by Gasteiger charge is 2.31. The lowest BCUT2D eigenvalue weighted by molar-refractivity contribution is 0.259. The van der Waals surface area contributed by atoms with E-state index in [4.69, 9.17) is 0 Å². The van der Waals surface area contributed by atoms with Crippen molar-refractivity contribution in [3.63, 3.8) is 0 Å². The van der Waals surface area contributed by atoms with Crippen molar-refractivity contribution in [2.24, 2.45) is 4.99 Å². The summed E-state index contributed by atoms with van der Waals surface area (Å²) < 4.78 is 26.0. The Bertz CT molecular complexity index is 582. The summed E-state index contributed by atoms with van der Waals surface area (Å²) in [5, 5.41) is 0. The van der Waals surface area contributed by atoms with Crippen molar-refractivity contribution in [1.82, 2.24) is 9.29 Å². The molecule has 1 fully saturated rings. The second kappa shape index (κ2) is 6.74. The summed E-state index contributed by atoms with van der Waals surface area (Å²) >= 11 is 0. The van der Waals surface area contributed by atoms with E-state index in [2.05, 4.69) is 9.98 Å². The van der Waals surface area contributed by atoms with Gasteiger partial charge in [0.1, 0.15) is 6.17 Å². The molecule has 1 aliphatic rings. The summed E-state index contributed by atoms with van der Waals surface area (Å²) in [7, 11) is -3.43. The Morgan fingerprint density at radius 3 is 2.95 bits per heavy atom. The first-order valence-corrected chi connectivity index (χ1v) is 8.21. The highest BCUT2D eigenvalue weighted by Crippen LogP contribution is 2.21. The van der Waals surface area contributed by atoms with Gasteiger partial charge in [-0.15, -0.1) is 0 Å². The molecular formula is C13H17N3O3S. The van der Waals surface area contributed by atoms with Crippen LogP contribution in [0.5, 0.6) is 0 Å². The molecule has 0 bridgehead atoms. The Morgan fingerprint density at radius 2 is 2.25 bits per heavy atom. The molecule has 1 aromatic heterocycles.